The predicted octanol–water partition coefficient (Wildman–Crippen LogP) is 1.40. The van der Waals surface area contributed by atoms with E-state index in [1.54, 1.807) is 0 Å². The number of piperazine rings is 1. The summed E-state index contributed by atoms with van der Waals surface area (Å²) in [5, 5.41) is 3.21. The van der Waals surface area contributed by atoms with E-state index in [-0.39, 0.29) is 0 Å². The largest absolute Gasteiger partial charge is 0.320 e. The molecule has 0 saturated carbocycles. The Kier molecular flexibility index (Phi) is 5.73. The van der Waals surface area contributed by atoms with Gasteiger partial charge in [-0.1, -0.05) is 0 Å². The highest BCUT2D eigenvalue weighted by molar-refractivity contribution is 4.81. The Labute approximate surface area is 101 Å². The molecule has 96 valence electrons. The average molecular weight is 227 g/mol. The Bertz CT molecular complexity index is 178. The van der Waals surface area contributed by atoms with Crippen LogP contribution in [-0.4, -0.2) is 61.7 Å². The summed E-state index contributed by atoms with van der Waals surface area (Å²) in [4.78, 5) is 5.20. The first-order chi connectivity index (χ1) is 7.54. The normalized spacial score (nSPS) is 20.2. The lowest BCUT2D eigenvalue weighted by atomic mass is 10.0. The predicted molar refractivity (Wildman–Crippen MR) is 70.9 cm³/mol. The third kappa shape index (κ3) is 4.81. The van der Waals surface area contributed by atoms with E-state index in [1.165, 1.54) is 45.6 Å². The lowest BCUT2D eigenvalue weighted by Gasteiger charge is -2.42. The van der Waals surface area contributed by atoms with Crippen molar-refractivity contribution in [3.05, 3.63) is 0 Å². The van der Waals surface area contributed by atoms with E-state index in [9.17, 15) is 0 Å². The van der Waals surface area contributed by atoms with Crippen molar-refractivity contribution in [2.75, 3.05) is 46.3 Å². The highest BCUT2D eigenvalue weighted by Crippen LogP contribution is 2.15. The Morgan fingerprint density at radius 2 is 1.62 bits per heavy atom. The zero-order chi connectivity index (χ0) is 12.0. The van der Waals surface area contributed by atoms with Crippen LogP contribution in [-0.2, 0) is 0 Å². The van der Waals surface area contributed by atoms with Gasteiger partial charge in [-0.3, -0.25) is 4.90 Å². The lowest BCUT2D eigenvalue weighted by molar-refractivity contribution is 0.0617. The molecule has 0 bridgehead atoms. The molecule has 0 aromatic rings. The van der Waals surface area contributed by atoms with Crippen molar-refractivity contribution < 1.29 is 0 Å². The SMILES string of the molecule is CNCCCCN1CCN(C(C)(C)C)CC1. The van der Waals surface area contributed by atoms with Crippen LogP contribution in [0.3, 0.4) is 0 Å². The van der Waals surface area contributed by atoms with Crippen LogP contribution in [0.1, 0.15) is 33.6 Å². The van der Waals surface area contributed by atoms with Crippen molar-refractivity contribution in [1.82, 2.24) is 15.1 Å². The van der Waals surface area contributed by atoms with Crippen LogP contribution in [0.4, 0.5) is 0 Å². The smallest absolute Gasteiger partial charge is 0.0126 e. The summed E-state index contributed by atoms with van der Waals surface area (Å²) in [5.74, 6) is 0. The van der Waals surface area contributed by atoms with Crippen molar-refractivity contribution in [2.24, 2.45) is 0 Å². The Hall–Kier alpha value is -0.120. The molecule has 1 saturated heterocycles. The minimum atomic E-state index is 0.345. The number of hydrogen-bond acceptors (Lipinski definition) is 3. The number of nitrogens with zero attached hydrogens (tertiary/aromatic N) is 2. The molecular formula is C13H29N3. The van der Waals surface area contributed by atoms with Gasteiger partial charge in [0.05, 0.1) is 0 Å². The maximum Gasteiger partial charge on any atom is 0.0126 e. The molecule has 0 aliphatic carbocycles. The van der Waals surface area contributed by atoms with Crippen LogP contribution in [0.25, 0.3) is 0 Å². The van der Waals surface area contributed by atoms with Gasteiger partial charge in [0.2, 0.25) is 0 Å². The van der Waals surface area contributed by atoms with Crippen molar-refractivity contribution in [2.45, 2.75) is 39.2 Å². The molecule has 0 aromatic heterocycles. The van der Waals surface area contributed by atoms with Crippen LogP contribution < -0.4 is 5.32 Å². The molecule has 3 heteroatoms. The average Bonchev–Trinajstić information content (AvgIpc) is 2.24. The summed E-state index contributed by atoms with van der Waals surface area (Å²) < 4.78 is 0. The topological polar surface area (TPSA) is 18.5 Å². The highest BCUT2D eigenvalue weighted by Gasteiger charge is 2.25. The zero-order valence-electron chi connectivity index (χ0n) is 11.6. The first-order valence-electron chi connectivity index (χ1n) is 6.66. The molecule has 0 aromatic carbocycles. The van der Waals surface area contributed by atoms with Gasteiger partial charge in [-0.15, -0.1) is 0 Å². The first kappa shape index (κ1) is 13.9. The Balaban J connectivity index is 2.12. The van der Waals surface area contributed by atoms with Crippen molar-refractivity contribution in [3.8, 4) is 0 Å². The quantitative estimate of drug-likeness (QED) is 0.716. The van der Waals surface area contributed by atoms with Gasteiger partial charge in [0.25, 0.3) is 0 Å². The molecule has 1 aliphatic rings. The molecule has 3 nitrogen and oxygen atoms in total. The number of rotatable bonds is 5. The molecule has 16 heavy (non-hydrogen) atoms. The summed E-state index contributed by atoms with van der Waals surface area (Å²) in [6.07, 6.45) is 2.63. The molecule has 1 N–H and O–H groups in total. The molecule has 0 atom stereocenters. The van der Waals surface area contributed by atoms with Gasteiger partial charge in [0, 0.05) is 31.7 Å². The summed E-state index contributed by atoms with van der Waals surface area (Å²) in [5.41, 5.74) is 0.345. The summed E-state index contributed by atoms with van der Waals surface area (Å²) in [7, 11) is 2.03. The Morgan fingerprint density at radius 3 is 2.12 bits per heavy atom. The molecule has 0 radical (unpaired) electrons. The fourth-order valence-corrected chi connectivity index (χ4v) is 2.28. The summed E-state index contributed by atoms with van der Waals surface area (Å²) >= 11 is 0. The zero-order valence-corrected chi connectivity index (χ0v) is 11.6. The third-order valence-electron chi connectivity index (χ3n) is 3.47. The van der Waals surface area contributed by atoms with Crippen molar-refractivity contribution in [3.63, 3.8) is 0 Å². The summed E-state index contributed by atoms with van der Waals surface area (Å²) in [6.45, 7) is 14.3. The fourth-order valence-electron chi connectivity index (χ4n) is 2.28. The standard InChI is InChI=1S/C13H29N3/c1-13(2,3)16-11-9-15(10-12-16)8-6-5-7-14-4/h14H,5-12H2,1-4H3. The molecule has 0 spiro atoms. The second-order valence-corrected chi connectivity index (χ2v) is 5.81. The van der Waals surface area contributed by atoms with Crippen LogP contribution in [0.5, 0.6) is 0 Å². The van der Waals surface area contributed by atoms with Gasteiger partial charge >= 0.3 is 0 Å². The molecule has 1 rings (SSSR count). The van der Waals surface area contributed by atoms with E-state index < -0.39 is 0 Å². The van der Waals surface area contributed by atoms with E-state index in [4.69, 9.17) is 0 Å². The van der Waals surface area contributed by atoms with Crippen LogP contribution >= 0.6 is 0 Å². The van der Waals surface area contributed by atoms with Gasteiger partial charge in [-0.25, -0.2) is 0 Å². The maximum atomic E-state index is 3.21. The van der Waals surface area contributed by atoms with Crippen LogP contribution in [0.2, 0.25) is 0 Å². The van der Waals surface area contributed by atoms with Crippen molar-refractivity contribution in [1.29, 1.82) is 0 Å². The second kappa shape index (κ2) is 6.58. The minimum absolute atomic E-state index is 0.345. The molecule has 0 amide bonds. The van der Waals surface area contributed by atoms with E-state index in [0.29, 0.717) is 5.54 Å². The van der Waals surface area contributed by atoms with E-state index in [1.807, 2.05) is 7.05 Å². The van der Waals surface area contributed by atoms with E-state index in [2.05, 4.69) is 35.9 Å². The monoisotopic (exact) mass is 227 g/mol. The molecule has 1 fully saturated rings. The molecule has 1 aliphatic heterocycles. The first-order valence-corrected chi connectivity index (χ1v) is 6.66. The molecule has 0 unspecified atom stereocenters. The van der Waals surface area contributed by atoms with Gasteiger partial charge in [-0.2, -0.15) is 0 Å². The van der Waals surface area contributed by atoms with Gasteiger partial charge in [-0.05, 0) is 53.8 Å². The molecular weight excluding hydrogens is 198 g/mol. The maximum absolute atomic E-state index is 3.21. The van der Waals surface area contributed by atoms with E-state index >= 15 is 0 Å². The lowest BCUT2D eigenvalue weighted by Crippen LogP contribution is -2.53. The third-order valence-corrected chi connectivity index (χ3v) is 3.47. The Morgan fingerprint density at radius 1 is 1.00 bits per heavy atom. The molecule has 1 heterocycles. The number of unbranched alkanes of at least 4 members (excludes halogenated alkanes) is 1. The van der Waals surface area contributed by atoms with Crippen molar-refractivity contribution >= 4 is 0 Å². The number of hydrogen-bond donors (Lipinski definition) is 1. The van der Waals surface area contributed by atoms with Gasteiger partial charge in [0.1, 0.15) is 0 Å². The van der Waals surface area contributed by atoms with Gasteiger partial charge in [0.15, 0.2) is 0 Å². The fraction of sp³-hybridized carbons (Fsp3) is 1.00. The van der Waals surface area contributed by atoms with Gasteiger partial charge < -0.3 is 10.2 Å². The number of nitrogens with one attached hydrogen (secondary N) is 1. The van der Waals surface area contributed by atoms with Crippen LogP contribution in [0.15, 0.2) is 0 Å². The summed E-state index contributed by atoms with van der Waals surface area (Å²) in [6, 6.07) is 0. The van der Waals surface area contributed by atoms with E-state index in [0.717, 1.165) is 6.54 Å². The highest BCUT2D eigenvalue weighted by atomic mass is 15.3. The van der Waals surface area contributed by atoms with Crippen LogP contribution in [0, 0.1) is 0 Å². The second-order valence-electron chi connectivity index (χ2n) is 5.81. The minimum Gasteiger partial charge on any atom is -0.320 e.